The van der Waals surface area contributed by atoms with Gasteiger partial charge in [0.2, 0.25) is 5.88 Å². The maximum Gasteiger partial charge on any atom is 0.328 e. The lowest BCUT2D eigenvalue weighted by Gasteiger charge is -2.26. The highest BCUT2D eigenvalue weighted by molar-refractivity contribution is 9.10. The molecule has 2 aliphatic rings. The summed E-state index contributed by atoms with van der Waals surface area (Å²) in [6, 6.07) is 0.885. The summed E-state index contributed by atoms with van der Waals surface area (Å²) >= 11 is 3.44. The molecule has 0 bridgehead atoms. The van der Waals surface area contributed by atoms with E-state index in [1.54, 1.807) is 6.07 Å². The van der Waals surface area contributed by atoms with E-state index in [9.17, 15) is 14.4 Å². The molecule has 0 radical (unpaired) electrons. The van der Waals surface area contributed by atoms with Gasteiger partial charge in [0.1, 0.15) is 11.3 Å². The van der Waals surface area contributed by atoms with Gasteiger partial charge in [-0.1, -0.05) is 0 Å². The van der Waals surface area contributed by atoms with Crippen LogP contribution in [0.25, 0.3) is 6.08 Å². The Morgan fingerprint density at radius 1 is 1.09 bits per heavy atom. The lowest BCUT2D eigenvalue weighted by atomic mass is 10.1. The van der Waals surface area contributed by atoms with Crippen LogP contribution in [0.4, 0.5) is 10.7 Å². The van der Waals surface area contributed by atoms with Gasteiger partial charge in [-0.3, -0.25) is 20.2 Å². The normalized spacial score (nSPS) is 19.0. The average molecular weight is 368 g/mol. The Bertz CT molecular complexity index is 652. The van der Waals surface area contributed by atoms with Crippen LogP contribution in [0.5, 0.6) is 0 Å². The molecule has 2 saturated heterocycles. The number of furan rings is 1. The van der Waals surface area contributed by atoms with Gasteiger partial charge in [-0.15, -0.1) is 0 Å². The summed E-state index contributed by atoms with van der Waals surface area (Å²) in [6.07, 6.45) is 4.75. The molecule has 0 aromatic carbocycles. The van der Waals surface area contributed by atoms with Gasteiger partial charge in [-0.2, -0.15) is 0 Å². The fourth-order valence-corrected chi connectivity index (χ4v) is 3.07. The summed E-state index contributed by atoms with van der Waals surface area (Å²) in [5.74, 6) is -0.400. The minimum atomic E-state index is -0.818. The Kier molecular flexibility index (Phi) is 4.02. The Morgan fingerprint density at radius 2 is 1.73 bits per heavy atom. The van der Waals surface area contributed by atoms with Crippen LogP contribution in [0.2, 0.25) is 0 Å². The third-order valence-corrected chi connectivity index (χ3v) is 4.13. The van der Waals surface area contributed by atoms with E-state index < -0.39 is 17.8 Å². The number of piperidine rings is 1. The molecule has 2 N–H and O–H groups in total. The number of halogens is 1. The monoisotopic (exact) mass is 367 g/mol. The van der Waals surface area contributed by atoms with E-state index >= 15 is 0 Å². The number of nitrogens with zero attached hydrogens (tertiary/aromatic N) is 1. The number of nitrogens with one attached hydrogen (secondary N) is 2. The molecule has 22 heavy (non-hydrogen) atoms. The number of imide groups is 2. The second kappa shape index (κ2) is 5.96. The first-order valence-electron chi connectivity index (χ1n) is 6.97. The van der Waals surface area contributed by atoms with Gasteiger partial charge in [-0.25, -0.2) is 4.79 Å². The highest BCUT2D eigenvalue weighted by atomic mass is 79.9. The van der Waals surface area contributed by atoms with E-state index in [-0.39, 0.29) is 5.57 Å². The fourth-order valence-electron chi connectivity index (χ4n) is 2.51. The number of hydrogen-bond acceptors (Lipinski definition) is 5. The predicted octanol–water partition coefficient (Wildman–Crippen LogP) is 1.78. The quantitative estimate of drug-likeness (QED) is 0.613. The SMILES string of the molecule is O=C1NC(=O)C(=Cc2cc(Br)c(N3CCCCC3)o2)C(=O)N1. The highest BCUT2D eigenvalue weighted by Crippen LogP contribution is 2.33. The summed E-state index contributed by atoms with van der Waals surface area (Å²) in [7, 11) is 0. The van der Waals surface area contributed by atoms with Crippen LogP contribution in [-0.2, 0) is 9.59 Å². The largest absolute Gasteiger partial charge is 0.440 e. The Hall–Kier alpha value is -2.09. The molecule has 4 amide bonds. The van der Waals surface area contributed by atoms with Gasteiger partial charge >= 0.3 is 6.03 Å². The Morgan fingerprint density at radius 3 is 2.36 bits per heavy atom. The zero-order valence-electron chi connectivity index (χ0n) is 11.6. The second-order valence-corrected chi connectivity index (χ2v) is 6.00. The molecule has 8 heteroatoms. The van der Waals surface area contributed by atoms with Crippen molar-refractivity contribution in [2.45, 2.75) is 19.3 Å². The molecular weight excluding hydrogens is 354 g/mol. The topological polar surface area (TPSA) is 91.7 Å². The van der Waals surface area contributed by atoms with Crippen molar-refractivity contribution >= 4 is 45.7 Å². The molecule has 2 aliphatic heterocycles. The minimum absolute atomic E-state index is 0.161. The molecule has 0 spiro atoms. The van der Waals surface area contributed by atoms with Crippen molar-refractivity contribution in [1.29, 1.82) is 0 Å². The molecule has 0 aliphatic carbocycles. The summed E-state index contributed by atoms with van der Waals surface area (Å²) in [5.41, 5.74) is -0.161. The van der Waals surface area contributed by atoms with Crippen molar-refractivity contribution in [3.05, 3.63) is 21.9 Å². The molecule has 7 nitrogen and oxygen atoms in total. The second-order valence-electron chi connectivity index (χ2n) is 5.14. The zero-order chi connectivity index (χ0) is 15.7. The van der Waals surface area contributed by atoms with Gasteiger partial charge in [0.05, 0.1) is 4.47 Å². The summed E-state index contributed by atoms with van der Waals surface area (Å²) in [5, 5.41) is 4.05. The van der Waals surface area contributed by atoms with E-state index in [1.807, 2.05) is 10.6 Å². The number of rotatable bonds is 2. The number of hydrogen-bond donors (Lipinski definition) is 2. The number of carbonyl (C=O) groups is 3. The van der Waals surface area contributed by atoms with Crippen molar-refractivity contribution in [2.24, 2.45) is 0 Å². The summed E-state index contributed by atoms with van der Waals surface area (Å²) < 4.78 is 6.51. The predicted molar refractivity (Wildman–Crippen MR) is 82.1 cm³/mol. The molecular formula is C14H14BrN3O4. The molecule has 2 fully saturated rings. The molecule has 0 saturated carbocycles. The van der Waals surface area contributed by atoms with Crippen LogP contribution in [0, 0.1) is 0 Å². The average Bonchev–Trinajstić information content (AvgIpc) is 2.84. The molecule has 116 valence electrons. The standard InChI is InChI=1S/C14H14BrN3O4/c15-10-7-8(22-13(10)18-4-2-1-3-5-18)6-9-11(19)16-14(21)17-12(9)20/h6-7H,1-5H2,(H2,16,17,19,20,21). The van der Waals surface area contributed by atoms with E-state index in [0.717, 1.165) is 30.4 Å². The molecule has 0 unspecified atom stereocenters. The van der Waals surface area contributed by atoms with Crippen LogP contribution in [0.15, 0.2) is 20.5 Å². The van der Waals surface area contributed by atoms with E-state index in [1.165, 1.54) is 12.5 Å². The third kappa shape index (κ3) is 2.92. The number of barbiturate groups is 1. The zero-order valence-corrected chi connectivity index (χ0v) is 13.2. The van der Waals surface area contributed by atoms with Gasteiger partial charge in [0.25, 0.3) is 11.8 Å². The fraction of sp³-hybridized carbons (Fsp3) is 0.357. The number of carbonyl (C=O) groups excluding carboxylic acids is 3. The first kappa shape index (κ1) is 14.8. The first-order chi connectivity index (χ1) is 10.5. The van der Waals surface area contributed by atoms with Crippen molar-refractivity contribution in [1.82, 2.24) is 10.6 Å². The van der Waals surface area contributed by atoms with Crippen molar-refractivity contribution in [2.75, 3.05) is 18.0 Å². The molecule has 1 aromatic rings. The van der Waals surface area contributed by atoms with Crippen LogP contribution in [-0.4, -0.2) is 30.9 Å². The van der Waals surface area contributed by atoms with E-state index in [4.69, 9.17) is 4.42 Å². The van der Waals surface area contributed by atoms with Crippen LogP contribution < -0.4 is 15.5 Å². The van der Waals surface area contributed by atoms with Crippen LogP contribution >= 0.6 is 15.9 Å². The lowest BCUT2D eigenvalue weighted by Crippen LogP contribution is -2.51. The maximum absolute atomic E-state index is 11.7. The molecule has 3 rings (SSSR count). The van der Waals surface area contributed by atoms with Crippen molar-refractivity contribution in [3.8, 4) is 0 Å². The Labute approximate surface area is 134 Å². The highest BCUT2D eigenvalue weighted by Gasteiger charge is 2.28. The van der Waals surface area contributed by atoms with Crippen LogP contribution in [0.3, 0.4) is 0 Å². The number of amides is 4. The summed E-state index contributed by atoms with van der Waals surface area (Å²) in [4.78, 5) is 36.5. The van der Waals surface area contributed by atoms with Gasteiger partial charge in [-0.05, 0) is 41.3 Å². The smallest absolute Gasteiger partial charge is 0.328 e. The lowest BCUT2D eigenvalue weighted by molar-refractivity contribution is -0.123. The van der Waals surface area contributed by atoms with Gasteiger partial charge in [0.15, 0.2) is 0 Å². The third-order valence-electron chi connectivity index (χ3n) is 3.56. The van der Waals surface area contributed by atoms with Crippen LogP contribution in [0.1, 0.15) is 25.0 Å². The Balaban J connectivity index is 1.86. The van der Waals surface area contributed by atoms with Gasteiger partial charge in [0, 0.05) is 19.2 Å². The summed E-state index contributed by atoms with van der Waals surface area (Å²) in [6.45, 7) is 1.83. The minimum Gasteiger partial charge on any atom is -0.440 e. The van der Waals surface area contributed by atoms with E-state index in [0.29, 0.717) is 11.6 Å². The van der Waals surface area contributed by atoms with Crippen molar-refractivity contribution in [3.63, 3.8) is 0 Å². The maximum atomic E-state index is 11.7. The number of urea groups is 1. The van der Waals surface area contributed by atoms with E-state index in [2.05, 4.69) is 20.8 Å². The van der Waals surface area contributed by atoms with Crippen molar-refractivity contribution < 1.29 is 18.8 Å². The molecule has 3 heterocycles. The van der Waals surface area contributed by atoms with Gasteiger partial charge < -0.3 is 9.32 Å². The molecule has 1 aromatic heterocycles. The molecule has 0 atom stereocenters. The first-order valence-corrected chi connectivity index (χ1v) is 7.76. The number of anilines is 1.